The first-order valence-corrected chi connectivity index (χ1v) is 6.46. The number of benzene rings is 1. The van der Waals surface area contributed by atoms with Crippen molar-refractivity contribution in [3.8, 4) is 0 Å². The lowest BCUT2D eigenvalue weighted by Gasteiger charge is -2.19. The summed E-state index contributed by atoms with van der Waals surface area (Å²) < 4.78 is 45.6. The highest BCUT2D eigenvalue weighted by Gasteiger charge is 2.22. The number of aryl methyl sites for hydroxylation is 1. The fraction of sp³-hybridized carbons (Fsp3) is 0.333. The normalized spacial score (nSPS) is 12.7. The molecular formula is C15H16F3NO. The summed E-state index contributed by atoms with van der Waals surface area (Å²) in [5.41, 5.74) is 0.783. The van der Waals surface area contributed by atoms with Gasteiger partial charge in [0.1, 0.15) is 11.6 Å². The molecule has 0 spiro atoms. The van der Waals surface area contributed by atoms with Crippen LogP contribution in [0.2, 0.25) is 0 Å². The largest absolute Gasteiger partial charge is 0.469 e. The molecular weight excluding hydrogens is 267 g/mol. The van der Waals surface area contributed by atoms with Crippen molar-refractivity contribution >= 4 is 0 Å². The Balaban J connectivity index is 2.46. The van der Waals surface area contributed by atoms with Gasteiger partial charge in [-0.2, -0.15) is 0 Å². The predicted molar refractivity (Wildman–Crippen MR) is 69.9 cm³/mol. The first-order chi connectivity index (χ1) is 9.54. The summed E-state index contributed by atoms with van der Waals surface area (Å²) >= 11 is 0. The van der Waals surface area contributed by atoms with E-state index in [-0.39, 0.29) is 5.56 Å². The standard InChI is InChI=1S/C15H16F3NO/c1-3-5-19-15(10-4-6-20-9(10)2)11-7-13(17)14(18)8-12(11)16/h4,6-8,15,19H,3,5H2,1-2H3. The molecule has 0 saturated carbocycles. The van der Waals surface area contributed by atoms with Crippen molar-refractivity contribution in [2.45, 2.75) is 26.3 Å². The monoisotopic (exact) mass is 283 g/mol. The lowest BCUT2D eigenvalue weighted by atomic mass is 9.98. The first kappa shape index (κ1) is 14.7. The third kappa shape index (κ3) is 2.88. The zero-order valence-electron chi connectivity index (χ0n) is 11.3. The molecule has 0 saturated heterocycles. The van der Waals surface area contributed by atoms with Crippen LogP contribution in [0.5, 0.6) is 0 Å². The van der Waals surface area contributed by atoms with Gasteiger partial charge in [0.25, 0.3) is 0 Å². The number of hydrogen-bond acceptors (Lipinski definition) is 2. The van der Waals surface area contributed by atoms with E-state index >= 15 is 0 Å². The van der Waals surface area contributed by atoms with E-state index in [1.54, 1.807) is 13.0 Å². The third-order valence-electron chi connectivity index (χ3n) is 3.16. The molecule has 1 aromatic carbocycles. The Labute approximate surface area is 115 Å². The van der Waals surface area contributed by atoms with Crippen molar-refractivity contribution in [1.82, 2.24) is 5.32 Å². The molecule has 1 atom stereocenters. The summed E-state index contributed by atoms with van der Waals surface area (Å²) in [6.45, 7) is 4.33. The van der Waals surface area contributed by atoms with Crippen LogP contribution in [0.1, 0.15) is 36.3 Å². The van der Waals surface area contributed by atoms with Gasteiger partial charge in [0.2, 0.25) is 0 Å². The van der Waals surface area contributed by atoms with Crippen molar-refractivity contribution in [3.63, 3.8) is 0 Å². The summed E-state index contributed by atoms with van der Waals surface area (Å²) in [6.07, 6.45) is 2.32. The summed E-state index contributed by atoms with van der Waals surface area (Å²) in [7, 11) is 0. The van der Waals surface area contributed by atoms with Crippen LogP contribution in [-0.2, 0) is 0 Å². The molecule has 0 fully saturated rings. The summed E-state index contributed by atoms with van der Waals surface area (Å²) in [4.78, 5) is 0. The Hall–Kier alpha value is -1.75. The maximum Gasteiger partial charge on any atom is 0.161 e. The molecule has 1 heterocycles. The van der Waals surface area contributed by atoms with Crippen molar-refractivity contribution < 1.29 is 17.6 Å². The average molecular weight is 283 g/mol. The molecule has 0 aliphatic heterocycles. The van der Waals surface area contributed by atoms with Gasteiger partial charge in [-0.1, -0.05) is 6.92 Å². The molecule has 0 amide bonds. The van der Waals surface area contributed by atoms with Gasteiger partial charge in [0.15, 0.2) is 11.6 Å². The maximum absolute atomic E-state index is 14.0. The predicted octanol–water partition coefficient (Wildman–Crippen LogP) is 4.09. The Morgan fingerprint density at radius 3 is 2.40 bits per heavy atom. The smallest absolute Gasteiger partial charge is 0.161 e. The van der Waals surface area contributed by atoms with Gasteiger partial charge >= 0.3 is 0 Å². The average Bonchev–Trinajstić information content (AvgIpc) is 2.82. The van der Waals surface area contributed by atoms with Crippen molar-refractivity contribution in [3.05, 3.63) is 58.8 Å². The van der Waals surface area contributed by atoms with Crippen molar-refractivity contribution in [1.29, 1.82) is 0 Å². The number of hydrogen-bond donors (Lipinski definition) is 1. The maximum atomic E-state index is 14.0. The third-order valence-corrected chi connectivity index (χ3v) is 3.16. The Morgan fingerprint density at radius 1 is 1.10 bits per heavy atom. The highest BCUT2D eigenvalue weighted by molar-refractivity contribution is 5.34. The van der Waals surface area contributed by atoms with Gasteiger partial charge in [0, 0.05) is 17.2 Å². The Bertz CT molecular complexity index is 595. The molecule has 0 aliphatic carbocycles. The van der Waals surface area contributed by atoms with E-state index in [0.717, 1.165) is 12.5 Å². The molecule has 1 unspecified atom stereocenters. The molecule has 5 heteroatoms. The van der Waals surface area contributed by atoms with E-state index in [1.165, 1.54) is 6.26 Å². The molecule has 0 bridgehead atoms. The molecule has 1 N–H and O–H groups in total. The van der Waals surface area contributed by atoms with Crippen LogP contribution in [0.15, 0.2) is 28.9 Å². The Morgan fingerprint density at radius 2 is 1.80 bits per heavy atom. The lowest BCUT2D eigenvalue weighted by Crippen LogP contribution is -2.24. The van der Waals surface area contributed by atoms with Gasteiger partial charge < -0.3 is 9.73 Å². The minimum absolute atomic E-state index is 0.0712. The minimum atomic E-state index is -1.19. The van der Waals surface area contributed by atoms with E-state index in [0.29, 0.717) is 23.9 Å². The quantitative estimate of drug-likeness (QED) is 0.836. The zero-order valence-corrected chi connectivity index (χ0v) is 11.3. The van der Waals surface area contributed by atoms with Gasteiger partial charge in [-0.25, -0.2) is 13.2 Å². The van der Waals surface area contributed by atoms with E-state index in [4.69, 9.17) is 4.42 Å². The molecule has 2 rings (SSSR count). The van der Waals surface area contributed by atoms with Gasteiger partial charge in [-0.05, 0) is 32.0 Å². The lowest BCUT2D eigenvalue weighted by molar-refractivity contribution is 0.475. The van der Waals surface area contributed by atoms with E-state index in [9.17, 15) is 13.2 Å². The highest BCUT2D eigenvalue weighted by atomic mass is 19.2. The number of furan rings is 1. The van der Waals surface area contributed by atoms with Crippen LogP contribution in [0.25, 0.3) is 0 Å². The van der Waals surface area contributed by atoms with Gasteiger partial charge in [-0.3, -0.25) is 0 Å². The topological polar surface area (TPSA) is 25.2 Å². The summed E-state index contributed by atoms with van der Waals surface area (Å²) in [5.74, 6) is -2.42. The first-order valence-electron chi connectivity index (χ1n) is 6.46. The summed E-state index contributed by atoms with van der Waals surface area (Å²) in [5, 5.41) is 3.13. The molecule has 108 valence electrons. The SMILES string of the molecule is CCCNC(c1cc(F)c(F)cc1F)c1ccoc1C. The van der Waals surface area contributed by atoms with Crippen LogP contribution >= 0.6 is 0 Å². The second kappa shape index (κ2) is 6.13. The molecule has 2 nitrogen and oxygen atoms in total. The van der Waals surface area contributed by atoms with E-state index < -0.39 is 23.5 Å². The van der Waals surface area contributed by atoms with Gasteiger partial charge in [-0.15, -0.1) is 0 Å². The fourth-order valence-electron chi connectivity index (χ4n) is 2.13. The highest BCUT2D eigenvalue weighted by Crippen LogP contribution is 2.29. The number of nitrogens with one attached hydrogen (secondary N) is 1. The Kier molecular flexibility index (Phi) is 4.49. The fourth-order valence-corrected chi connectivity index (χ4v) is 2.13. The van der Waals surface area contributed by atoms with Crippen LogP contribution in [0.4, 0.5) is 13.2 Å². The molecule has 1 aromatic heterocycles. The van der Waals surface area contributed by atoms with E-state index in [2.05, 4.69) is 5.32 Å². The second-order valence-corrected chi connectivity index (χ2v) is 4.61. The minimum Gasteiger partial charge on any atom is -0.469 e. The van der Waals surface area contributed by atoms with Crippen LogP contribution < -0.4 is 5.32 Å². The molecule has 2 aromatic rings. The van der Waals surface area contributed by atoms with Crippen LogP contribution in [0, 0.1) is 24.4 Å². The number of rotatable bonds is 5. The molecule has 0 radical (unpaired) electrons. The number of halogens is 3. The molecule has 0 aliphatic rings. The van der Waals surface area contributed by atoms with Gasteiger partial charge in [0.05, 0.1) is 12.3 Å². The van der Waals surface area contributed by atoms with Crippen LogP contribution in [0.3, 0.4) is 0 Å². The second-order valence-electron chi connectivity index (χ2n) is 4.61. The van der Waals surface area contributed by atoms with Crippen molar-refractivity contribution in [2.75, 3.05) is 6.54 Å². The summed E-state index contributed by atoms with van der Waals surface area (Å²) in [6, 6.07) is 2.60. The zero-order chi connectivity index (χ0) is 14.7. The van der Waals surface area contributed by atoms with Crippen LogP contribution in [-0.4, -0.2) is 6.54 Å². The van der Waals surface area contributed by atoms with E-state index in [1.807, 2.05) is 6.92 Å². The van der Waals surface area contributed by atoms with Crippen molar-refractivity contribution in [2.24, 2.45) is 0 Å². The molecule has 20 heavy (non-hydrogen) atoms.